The lowest BCUT2D eigenvalue weighted by atomic mass is 9.79. The largest absolute Gasteiger partial charge is 0.232 e. The van der Waals surface area contributed by atoms with Crippen LogP contribution in [0.15, 0.2) is 30.5 Å². The van der Waals surface area contributed by atoms with Gasteiger partial charge in [-0.25, -0.2) is 8.76 Å². The van der Waals surface area contributed by atoms with E-state index in [0.717, 1.165) is 18.4 Å². The van der Waals surface area contributed by atoms with Crippen LogP contribution in [0.5, 0.6) is 0 Å². The molecule has 1 atom stereocenters. The molecule has 0 radical (unpaired) electrons. The number of nitriles is 1. The summed E-state index contributed by atoms with van der Waals surface area (Å²) in [5.74, 6) is 0. The second kappa shape index (κ2) is 4.18. The molecule has 3 rings (SSSR count). The first kappa shape index (κ1) is 11.4. The van der Waals surface area contributed by atoms with Crippen molar-refractivity contribution >= 4 is 11.5 Å². The Kier molecular flexibility index (Phi) is 2.64. The van der Waals surface area contributed by atoms with Crippen molar-refractivity contribution in [3.8, 4) is 6.07 Å². The predicted octanol–water partition coefficient (Wildman–Crippen LogP) is 3.56. The summed E-state index contributed by atoms with van der Waals surface area (Å²) in [6, 6.07) is 9.12. The number of hydrogen-bond acceptors (Lipinski definition) is 3. The maximum Gasteiger partial charge on any atom is 0.171 e. The molecule has 2 nitrogen and oxygen atoms in total. The third kappa shape index (κ3) is 1.63. The quantitative estimate of drug-likeness (QED) is 0.784. The van der Waals surface area contributed by atoms with Gasteiger partial charge in [0, 0.05) is 6.20 Å². The van der Waals surface area contributed by atoms with Crippen molar-refractivity contribution in [3.63, 3.8) is 0 Å². The number of nitrogens with zero attached hydrogens (tertiary/aromatic N) is 2. The number of halogens is 1. The van der Waals surface area contributed by atoms with Gasteiger partial charge in [-0.05, 0) is 60.1 Å². The molecule has 1 aliphatic rings. The van der Waals surface area contributed by atoms with E-state index in [9.17, 15) is 0 Å². The minimum atomic E-state index is -1.43. The molecule has 18 heavy (non-hydrogen) atoms. The van der Waals surface area contributed by atoms with Gasteiger partial charge in [0.05, 0.1) is 16.5 Å². The number of benzene rings is 1. The van der Waals surface area contributed by atoms with E-state index in [2.05, 4.69) is 10.4 Å². The summed E-state index contributed by atoms with van der Waals surface area (Å²) in [7, 11) is 0. The average Bonchev–Trinajstić information content (AvgIpc) is 2.93. The van der Waals surface area contributed by atoms with Gasteiger partial charge in [-0.15, -0.1) is 0 Å². The number of aryl methyl sites for hydroxylation is 1. The van der Waals surface area contributed by atoms with Gasteiger partial charge in [0.1, 0.15) is 0 Å². The lowest BCUT2D eigenvalue weighted by Gasteiger charge is -2.31. The van der Waals surface area contributed by atoms with Crippen molar-refractivity contribution in [2.75, 3.05) is 0 Å². The Balaban J connectivity index is 2.16. The van der Waals surface area contributed by atoms with Crippen molar-refractivity contribution in [3.05, 3.63) is 52.0 Å². The van der Waals surface area contributed by atoms with Crippen LogP contribution in [-0.2, 0) is 12.1 Å². The number of aromatic nitrogens is 1. The lowest BCUT2D eigenvalue weighted by Crippen LogP contribution is -2.26. The second-order valence-corrected chi connectivity index (χ2v) is 5.35. The average molecular weight is 258 g/mol. The Morgan fingerprint density at radius 3 is 3.00 bits per heavy atom. The number of fused-ring (bicyclic) bond motifs is 1. The standard InChI is InChI=1S/C14H11FN2S/c15-14(13-5-7-17-18-13)6-1-2-11-8-10(9-16)3-4-12(11)14/h3-5,7-8H,1-2,6H2. The Morgan fingerprint density at radius 2 is 2.28 bits per heavy atom. The van der Waals surface area contributed by atoms with Crippen molar-refractivity contribution in [1.29, 1.82) is 5.26 Å². The summed E-state index contributed by atoms with van der Waals surface area (Å²) in [4.78, 5) is 0.660. The molecule has 1 aromatic heterocycles. The Bertz CT molecular complexity index is 615. The zero-order valence-electron chi connectivity index (χ0n) is 9.69. The van der Waals surface area contributed by atoms with Crippen molar-refractivity contribution in [2.45, 2.75) is 24.9 Å². The zero-order chi connectivity index (χ0) is 12.6. The minimum Gasteiger partial charge on any atom is -0.232 e. The molecular formula is C14H11FN2S. The third-order valence-corrected chi connectivity index (χ3v) is 4.34. The summed E-state index contributed by atoms with van der Waals surface area (Å²) >= 11 is 1.21. The summed E-state index contributed by atoms with van der Waals surface area (Å²) in [5, 5.41) is 8.90. The summed E-state index contributed by atoms with van der Waals surface area (Å²) in [6.45, 7) is 0. The molecule has 4 heteroatoms. The molecule has 1 unspecified atom stereocenters. The molecule has 0 N–H and O–H groups in total. The van der Waals surface area contributed by atoms with Gasteiger partial charge in [0.2, 0.25) is 0 Å². The molecule has 1 aliphatic carbocycles. The van der Waals surface area contributed by atoms with Gasteiger partial charge in [-0.3, -0.25) is 0 Å². The van der Waals surface area contributed by atoms with Gasteiger partial charge in [0.15, 0.2) is 5.67 Å². The van der Waals surface area contributed by atoms with Gasteiger partial charge in [-0.1, -0.05) is 6.07 Å². The first-order valence-corrected chi connectivity index (χ1v) is 6.65. The van der Waals surface area contributed by atoms with Crippen LogP contribution >= 0.6 is 11.5 Å². The molecule has 90 valence electrons. The Labute approximate surface area is 109 Å². The van der Waals surface area contributed by atoms with E-state index in [4.69, 9.17) is 5.26 Å². The van der Waals surface area contributed by atoms with E-state index < -0.39 is 5.67 Å². The van der Waals surface area contributed by atoms with Gasteiger partial charge in [-0.2, -0.15) is 5.26 Å². The van der Waals surface area contributed by atoms with E-state index in [-0.39, 0.29) is 0 Å². The molecule has 0 aliphatic heterocycles. The fraction of sp³-hybridized carbons (Fsp3) is 0.286. The third-order valence-electron chi connectivity index (χ3n) is 3.46. The SMILES string of the molecule is N#Cc1ccc2c(c1)CCCC2(F)c1ccns1. The molecule has 2 aromatic rings. The van der Waals surface area contributed by atoms with Crippen LogP contribution in [0, 0.1) is 11.3 Å². The topological polar surface area (TPSA) is 36.7 Å². The molecular weight excluding hydrogens is 247 g/mol. The number of rotatable bonds is 1. The fourth-order valence-electron chi connectivity index (χ4n) is 2.59. The highest BCUT2D eigenvalue weighted by Crippen LogP contribution is 2.45. The fourth-order valence-corrected chi connectivity index (χ4v) is 3.30. The Hall–Kier alpha value is -1.73. The Morgan fingerprint density at radius 1 is 1.39 bits per heavy atom. The molecule has 1 heterocycles. The molecule has 0 saturated carbocycles. The van der Waals surface area contributed by atoms with Crippen LogP contribution in [0.2, 0.25) is 0 Å². The normalized spacial score (nSPS) is 22.2. The van der Waals surface area contributed by atoms with E-state index in [1.165, 1.54) is 11.5 Å². The molecule has 0 fully saturated rings. The van der Waals surface area contributed by atoms with Crippen molar-refractivity contribution in [1.82, 2.24) is 4.37 Å². The molecule has 0 saturated heterocycles. The van der Waals surface area contributed by atoms with Crippen LogP contribution in [0.1, 0.15) is 34.4 Å². The van der Waals surface area contributed by atoms with Crippen LogP contribution in [0.25, 0.3) is 0 Å². The maximum atomic E-state index is 15.3. The molecule has 1 aromatic carbocycles. The van der Waals surface area contributed by atoms with Crippen LogP contribution in [0.4, 0.5) is 4.39 Å². The maximum absolute atomic E-state index is 15.3. The highest BCUT2D eigenvalue weighted by atomic mass is 32.1. The van der Waals surface area contributed by atoms with Crippen molar-refractivity contribution in [2.24, 2.45) is 0 Å². The van der Waals surface area contributed by atoms with E-state index >= 15 is 4.39 Å². The summed E-state index contributed by atoms with van der Waals surface area (Å²) in [5.41, 5.74) is 0.832. The summed E-state index contributed by atoms with van der Waals surface area (Å²) < 4.78 is 19.3. The molecule has 0 amide bonds. The summed E-state index contributed by atoms with van der Waals surface area (Å²) in [6.07, 6.45) is 3.78. The van der Waals surface area contributed by atoms with Crippen LogP contribution in [0.3, 0.4) is 0 Å². The van der Waals surface area contributed by atoms with Gasteiger partial charge in [0.25, 0.3) is 0 Å². The van der Waals surface area contributed by atoms with E-state index in [1.807, 2.05) is 6.07 Å². The zero-order valence-corrected chi connectivity index (χ0v) is 10.5. The second-order valence-electron chi connectivity index (χ2n) is 4.52. The van der Waals surface area contributed by atoms with E-state index in [1.54, 1.807) is 24.4 Å². The lowest BCUT2D eigenvalue weighted by molar-refractivity contribution is 0.194. The first-order chi connectivity index (χ1) is 8.74. The van der Waals surface area contributed by atoms with Crippen LogP contribution < -0.4 is 0 Å². The van der Waals surface area contributed by atoms with Gasteiger partial charge >= 0.3 is 0 Å². The molecule has 0 spiro atoms. The predicted molar refractivity (Wildman–Crippen MR) is 68.1 cm³/mol. The van der Waals surface area contributed by atoms with Gasteiger partial charge < -0.3 is 0 Å². The highest BCUT2D eigenvalue weighted by Gasteiger charge is 2.39. The number of hydrogen-bond donors (Lipinski definition) is 0. The molecule has 0 bridgehead atoms. The minimum absolute atomic E-state index is 0.494. The first-order valence-electron chi connectivity index (χ1n) is 5.87. The van der Waals surface area contributed by atoms with Crippen molar-refractivity contribution < 1.29 is 4.39 Å². The number of alkyl halides is 1. The highest BCUT2D eigenvalue weighted by molar-refractivity contribution is 7.05. The van der Waals surface area contributed by atoms with Crippen LogP contribution in [-0.4, -0.2) is 4.37 Å². The smallest absolute Gasteiger partial charge is 0.171 e. The van der Waals surface area contributed by atoms with E-state index in [0.29, 0.717) is 22.4 Å². The monoisotopic (exact) mass is 258 g/mol.